The fourth-order valence-electron chi connectivity index (χ4n) is 1.51. The molecule has 0 fully saturated rings. The van der Waals surface area contributed by atoms with Crippen LogP contribution in [-0.4, -0.2) is 23.9 Å². The molecule has 0 aliphatic heterocycles. The normalized spacial score (nSPS) is 15.2. The molecule has 1 aromatic rings. The van der Waals surface area contributed by atoms with Gasteiger partial charge in [0.15, 0.2) is 0 Å². The zero-order valence-corrected chi connectivity index (χ0v) is 15.3. The van der Waals surface area contributed by atoms with Gasteiger partial charge in [-0.2, -0.15) is 0 Å². The van der Waals surface area contributed by atoms with Gasteiger partial charge in [-0.05, 0) is 37.1 Å². The van der Waals surface area contributed by atoms with Crippen molar-refractivity contribution in [3.8, 4) is 0 Å². The molecule has 0 spiro atoms. The largest absolute Gasteiger partial charge is 0.337 e. The lowest BCUT2D eigenvalue weighted by atomic mass is 10.0. The number of benzene rings is 1. The number of halogens is 2. The summed E-state index contributed by atoms with van der Waals surface area (Å²) < 4.78 is 20.7. The van der Waals surface area contributed by atoms with E-state index in [4.69, 9.17) is 9.92 Å². The Morgan fingerprint density at radius 1 is 1.35 bits per heavy atom. The van der Waals surface area contributed by atoms with Gasteiger partial charge in [0.25, 0.3) is 0 Å². The van der Waals surface area contributed by atoms with Gasteiger partial charge in [-0.25, -0.2) is 4.39 Å². The summed E-state index contributed by atoms with van der Waals surface area (Å²) in [5.41, 5.74) is 6.61. The first-order valence-electron chi connectivity index (χ1n) is 6.62. The second-order valence-corrected chi connectivity index (χ2v) is 11.1. The van der Waals surface area contributed by atoms with Crippen molar-refractivity contribution in [2.24, 2.45) is 5.73 Å². The van der Waals surface area contributed by atoms with Gasteiger partial charge in [0, 0.05) is 20.8 Å². The Hall–Kier alpha value is -0.100. The molecular formula is C15H25BrFNOS. The molecule has 2 N–H and O–H groups in total. The summed E-state index contributed by atoms with van der Waals surface area (Å²) in [5.74, 6) is -0.261. The van der Waals surface area contributed by atoms with Crippen LogP contribution in [0, 0.1) is 5.82 Å². The third-order valence-corrected chi connectivity index (χ3v) is 7.84. The first-order chi connectivity index (χ1) is 9.04. The van der Waals surface area contributed by atoms with Crippen molar-refractivity contribution in [3.63, 3.8) is 0 Å². The van der Waals surface area contributed by atoms with Gasteiger partial charge in [-0.15, -0.1) is 10.3 Å². The summed E-state index contributed by atoms with van der Waals surface area (Å²) >= 11 is 3.34. The zero-order chi connectivity index (χ0) is 15.6. The molecular weight excluding hydrogens is 341 g/mol. The van der Waals surface area contributed by atoms with Crippen LogP contribution in [0.3, 0.4) is 0 Å². The summed E-state index contributed by atoms with van der Waals surface area (Å²) in [6, 6.07) is 4.50. The van der Waals surface area contributed by atoms with Crippen molar-refractivity contribution < 1.29 is 8.57 Å². The molecule has 1 rings (SSSR count). The smallest absolute Gasteiger partial charge is 0.128 e. The first-order valence-corrected chi connectivity index (χ1v) is 9.79. The topological polar surface area (TPSA) is 35.2 Å². The van der Waals surface area contributed by atoms with Crippen LogP contribution in [0.5, 0.6) is 0 Å². The summed E-state index contributed by atoms with van der Waals surface area (Å²) in [7, 11) is -1.15. The maximum Gasteiger partial charge on any atom is 0.128 e. The summed E-state index contributed by atoms with van der Waals surface area (Å²) in [4.78, 5) is 0. The monoisotopic (exact) mass is 365 g/mol. The van der Waals surface area contributed by atoms with Crippen molar-refractivity contribution in [1.82, 2.24) is 0 Å². The lowest BCUT2D eigenvalue weighted by Crippen LogP contribution is -2.26. The van der Waals surface area contributed by atoms with Crippen LogP contribution >= 0.6 is 26.2 Å². The molecule has 5 heteroatoms. The van der Waals surface area contributed by atoms with Crippen molar-refractivity contribution in [3.05, 3.63) is 34.1 Å². The highest BCUT2D eigenvalue weighted by atomic mass is 79.9. The molecule has 20 heavy (non-hydrogen) atoms. The molecule has 0 radical (unpaired) electrons. The molecule has 116 valence electrons. The van der Waals surface area contributed by atoms with E-state index in [0.29, 0.717) is 18.6 Å². The van der Waals surface area contributed by atoms with Crippen LogP contribution < -0.4 is 5.73 Å². The van der Waals surface area contributed by atoms with E-state index in [9.17, 15) is 4.39 Å². The molecule has 0 bridgehead atoms. The van der Waals surface area contributed by atoms with Gasteiger partial charge in [0.2, 0.25) is 0 Å². The van der Waals surface area contributed by atoms with Gasteiger partial charge < -0.3 is 9.92 Å². The Bertz CT molecular complexity index is 460. The molecule has 2 nitrogen and oxygen atoms in total. The standard InChI is InChI=1S/C15H25BrFNOS/c1-15(2,3)20(4,5)19-9-8-14(18)12-10-11(16)6-7-13(12)17/h6-7,10,14H,8-9,18H2,1-5H3. The maximum atomic E-state index is 13.7. The van der Waals surface area contributed by atoms with Crippen molar-refractivity contribution in [2.45, 2.75) is 38.0 Å². The van der Waals surface area contributed by atoms with E-state index in [2.05, 4.69) is 49.2 Å². The van der Waals surface area contributed by atoms with Crippen molar-refractivity contribution in [2.75, 3.05) is 19.1 Å². The first kappa shape index (κ1) is 18.0. The number of nitrogens with two attached hydrogens (primary N) is 1. The fraction of sp³-hybridized carbons (Fsp3) is 0.600. The van der Waals surface area contributed by atoms with Gasteiger partial charge in [-0.1, -0.05) is 36.7 Å². The number of hydrogen-bond acceptors (Lipinski definition) is 2. The molecule has 0 amide bonds. The fourth-order valence-corrected chi connectivity index (χ4v) is 2.76. The minimum Gasteiger partial charge on any atom is -0.337 e. The summed E-state index contributed by atoms with van der Waals surface area (Å²) in [6.07, 6.45) is 4.91. The maximum absolute atomic E-state index is 13.7. The minimum atomic E-state index is -1.15. The third kappa shape index (κ3) is 4.72. The Morgan fingerprint density at radius 3 is 2.50 bits per heavy atom. The van der Waals surface area contributed by atoms with Gasteiger partial charge in [0.05, 0.1) is 6.61 Å². The van der Waals surface area contributed by atoms with E-state index in [-0.39, 0.29) is 16.6 Å². The van der Waals surface area contributed by atoms with Crippen LogP contribution in [0.15, 0.2) is 22.7 Å². The van der Waals surface area contributed by atoms with Gasteiger partial charge in [-0.3, -0.25) is 0 Å². The van der Waals surface area contributed by atoms with E-state index in [1.54, 1.807) is 12.1 Å². The Morgan fingerprint density at radius 2 is 1.95 bits per heavy atom. The average molecular weight is 366 g/mol. The van der Waals surface area contributed by atoms with Gasteiger partial charge >= 0.3 is 0 Å². The Labute approximate surface area is 131 Å². The number of hydrogen-bond donors (Lipinski definition) is 1. The minimum absolute atomic E-state index is 0.123. The van der Waals surface area contributed by atoms with Gasteiger partial charge in [0.1, 0.15) is 5.82 Å². The zero-order valence-electron chi connectivity index (χ0n) is 12.9. The highest BCUT2D eigenvalue weighted by Gasteiger charge is 2.28. The lowest BCUT2D eigenvalue weighted by Gasteiger charge is -2.43. The highest BCUT2D eigenvalue weighted by Crippen LogP contribution is 2.53. The van der Waals surface area contributed by atoms with Crippen LogP contribution in [0.1, 0.15) is 38.8 Å². The SMILES string of the molecule is CC(C)(C)S(C)(C)OCCC(N)c1cc(Br)ccc1F. The Kier molecular flexibility index (Phi) is 6.08. The van der Waals surface area contributed by atoms with Crippen LogP contribution in [0.4, 0.5) is 4.39 Å². The molecule has 0 aliphatic carbocycles. The van der Waals surface area contributed by atoms with Crippen LogP contribution in [-0.2, 0) is 4.18 Å². The second-order valence-electron chi connectivity index (χ2n) is 6.23. The van der Waals surface area contributed by atoms with E-state index in [0.717, 1.165) is 4.47 Å². The molecule has 0 saturated heterocycles. The lowest BCUT2D eigenvalue weighted by molar-refractivity contribution is 0.325. The third-order valence-electron chi connectivity index (χ3n) is 3.64. The molecule has 1 aromatic carbocycles. The highest BCUT2D eigenvalue weighted by molar-refractivity contribution is 9.10. The number of rotatable bonds is 5. The molecule has 0 saturated carbocycles. The Balaban J connectivity index is 2.60. The van der Waals surface area contributed by atoms with Crippen molar-refractivity contribution >= 4 is 26.2 Å². The van der Waals surface area contributed by atoms with E-state index < -0.39 is 10.3 Å². The van der Waals surface area contributed by atoms with Crippen LogP contribution in [0.25, 0.3) is 0 Å². The van der Waals surface area contributed by atoms with E-state index in [1.807, 2.05) is 0 Å². The predicted octanol–water partition coefficient (Wildman–Crippen LogP) is 4.77. The molecule has 1 atom stereocenters. The quantitative estimate of drug-likeness (QED) is 0.815. The molecule has 0 heterocycles. The second kappa shape index (κ2) is 6.77. The average Bonchev–Trinajstić information content (AvgIpc) is 2.30. The molecule has 0 aliphatic rings. The molecule has 1 unspecified atom stereocenters. The predicted molar refractivity (Wildman–Crippen MR) is 90.8 cm³/mol. The van der Waals surface area contributed by atoms with E-state index >= 15 is 0 Å². The van der Waals surface area contributed by atoms with Crippen LogP contribution in [0.2, 0.25) is 0 Å². The summed E-state index contributed by atoms with van der Waals surface area (Å²) in [6.45, 7) is 7.08. The van der Waals surface area contributed by atoms with E-state index in [1.165, 1.54) is 6.07 Å². The summed E-state index contributed by atoms with van der Waals surface area (Å²) in [5, 5.41) is 0. The molecule has 0 aromatic heterocycles. The van der Waals surface area contributed by atoms with Crippen molar-refractivity contribution in [1.29, 1.82) is 0 Å².